The topological polar surface area (TPSA) is 177 Å². The van der Waals surface area contributed by atoms with E-state index in [1.807, 2.05) is 0 Å². The third-order valence-electron chi connectivity index (χ3n) is 4.77. The molecule has 25 heavy (non-hydrogen) atoms. The maximum Gasteiger partial charge on any atom is 0.469 e. The van der Waals surface area contributed by atoms with Crippen LogP contribution in [0.15, 0.2) is 6.33 Å². The fourth-order valence-electron chi connectivity index (χ4n) is 3.61. The van der Waals surface area contributed by atoms with E-state index in [1.54, 1.807) is 0 Å². The second kappa shape index (κ2) is 5.34. The van der Waals surface area contributed by atoms with E-state index in [1.165, 1.54) is 10.9 Å². The maximum absolute atomic E-state index is 11.1. The third kappa shape index (κ3) is 2.55. The highest BCUT2D eigenvalue weighted by atomic mass is 35.5. The first kappa shape index (κ1) is 14.8. The number of imidazole rings is 1. The summed E-state index contributed by atoms with van der Waals surface area (Å²) in [5.41, 5.74) is 4.45. The molecule has 13 heteroatoms. The SMILES string of the molecule is [2H]C([2H])(OP(=O)(O)O)[C@@]12C[C@@H]1[C@@H](n1cnc3c(N)nc(Cl)nc31)[C@H](O)[C@@H]2O. The molecule has 2 aromatic heterocycles. The van der Waals surface area contributed by atoms with Gasteiger partial charge in [-0.05, 0) is 23.9 Å². The van der Waals surface area contributed by atoms with E-state index in [-0.39, 0.29) is 28.7 Å². The molecule has 2 heterocycles. The van der Waals surface area contributed by atoms with Crippen molar-refractivity contribution >= 4 is 36.4 Å². The zero-order valence-corrected chi connectivity index (χ0v) is 14.0. The van der Waals surface area contributed by atoms with Crippen LogP contribution in [-0.2, 0) is 9.09 Å². The molecule has 0 unspecified atom stereocenters. The molecule has 2 saturated carbocycles. The molecular formula is C12H15ClN5O6P. The summed E-state index contributed by atoms with van der Waals surface area (Å²) < 4.78 is 32.8. The molecule has 0 saturated heterocycles. The van der Waals surface area contributed by atoms with Gasteiger partial charge in [0.25, 0.3) is 0 Å². The number of hydrogen-bond acceptors (Lipinski definition) is 8. The van der Waals surface area contributed by atoms with E-state index in [0.717, 1.165) is 0 Å². The van der Waals surface area contributed by atoms with Crippen molar-refractivity contribution in [2.24, 2.45) is 11.3 Å². The van der Waals surface area contributed by atoms with E-state index < -0.39 is 44.0 Å². The Morgan fingerprint density at radius 3 is 2.92 bits per heavy atom. The number of fused-ring (bicyclic) bond motifs is 2. The van der Waals surface area contributed by atoms with Crippen LogP contribution in [0, 0.1) is 11.3 Å². The van der Waals surface area contributed by atoms with E-state index >= 15 is 0 Å². The number of phosphoric acid groups is 1. The normalized spacial score (nSPS) is 36.2. The Labute approximate surface area is 148 Å². The highest BCUT2D eigenvalue weighted by molar-refractivity contribution is 7.46. The van der Waals surface area contributed by atoms with E-state index in [4.69, 9.17) is 29.9 Å². The molecule has 0 amide bonds. The van der Waals surface area contributed by atoms with Gasteiger partial charge in [-0.25, -0.2) is 9.55 Å². The molecule has 0 bridgehead atoms. The fourth-order valence-corrected chi connectivity index (χ4v) is 4.07. The molecule has 11 nitrogen and oxygen atoms in total. The van der Waals surface area contributed by atoms with Crippen LogP contribution in [-0.4, -0.2) is 58.3 Å². The molecule has 2 aromatic rings. The molecule has 136 valence electrons. The summed E-state index contributed by atoms with van der Waals surface area (Å²) in [5, 5.41) is 20.9. The largest absolute Gasteiger partial charge is 0.469 e. The number of aromatic nitrogens is 4. The summed E-state index contributed by atoms with van der Waals surface area (Å²) in [5.74, 6) is -0.685. The van der Waals surface area contributed by atoms with E-state index in [9.17, 15) is 14.8 Å². The van der Waals surface area contributed by atoms with Crippen LogP contribution < -0.4 is 5.73 Å². The number of halogens is 1. The van der Waals surface area contributed by atoms with E-state index in [2.05, 4.69) is 19.5 Å². The summed E-state index contributed by atoms with van der Waals surface area (Å²) in [7, 11) is -5.18. The second-order valence-corrected chi connectivity index (χ2v) is 7.66. The van der Waals surface area contributed by atoms with Crippen molar-refractivity contribution in [3.05, 3.63) is 11.6 Å². The van der Waals surface area contributed by atoms with Gasteiger partial charge in [0.05, 0.1) is 27.8 Å². The molecule has 0 aliphatic heterocycles. The van der Waals surface area contributed by atoms with Crippen LogP contribution in [0.1, 0.15) is 15.2 Å². The minimum atomic E-state index is -5.18. The number of phosphoric ester groups is 1. The van der Waals surface area contributed by atoms with Gasteiger partial charge >= 0.3 is 7.82 Å². The van der Waals surface area contributed by atoms with Crippen LogP contribution in [0.25, 0.3) is 11.2 Å². The van der Waals surface area contributed by atoms with Crippen LogP contribution >= 0.6 is 19.4 Å². The van der Waals surface area contributed by atoms with Gasteiger partial charge in [-0.1, -0.05) is 0 Å². The number of hydrogen-bond donors (Lipinski definition) is 5. The van der Waals surface area contributed by atoms with Crippen molar-refractivity contribution in [3.8, 4) is 0 Å². The Morgan fingerprint density at radius 2 is 2.24 bits per heavy atom. The molecule has 0 aromatic carbocycles. The Kier molecular flexibility index (Phi) is 3.16. The molecule has 2 fully saturated rings. The predicted octanol–water partition coefficient (Wildman–Crippen LogP) is -0.546. The summed E-state index contributed by atoms with van der Waals surface area (Å²) >= 11 is 5.82. The molecule has 6 N–H and O–H groups in total. The van der Waals surface area contributed by atoms with Gasteiger partial charge in [-0.3, -0.25) is 4.52 Å². The minimum Gasteiger partial charge on any atom is -0.390 e. The number of nitrogens with zero attached hydrogens (tertiary/aromatic N) is 4. The highest BCUT2D eigenvalue weighted by Gasteiger charge is 2.72. The summed E-state index contributed by atoms with van der Waals surface area (Å²) in [6.45, 7) is -2.88. The lowest BCUT2D eigenvalue weighted by atomic mass is 10.0. The van der Waals surface area contributed by atoms with Gasteiger partial charge in [0, 0.05) is 5.41 Å². The van der Waals surface area contributed by atoms with Crippen molar-refractivity contribution in [1.82, 2.24) is 19.5 Å². The number of rotatable bonds is 4. The van der Waals surface area contributed by atoms with Crippen molar-refractivity contribution in [2.75, 3.05) is 12.3 Å². The lowest BCUT2D eigenvalue weighted by molar-refractivity contribution is -0.0297. The van der Waals surface area contributed by atoms with Gasteiger partial charge in [0.15, 0.2) is 11.5 Å². The summed E-state index contributed by atoms with van der Waals surface area (Å²) in [6.07, 6.45) is -1.77. The zero-order chi connectivity index (χ0) is 19.9. The van der Waals surface area contributed by atoms with Crippen LogP contribution in [0.3, 0.4) is 0 Å². The summed E-state index contributed by atoms with van der Waals surface area (Å²) in [4.78, 5) is 29.9. The van der Waals surface area contributed by atoms with Gasteiger partial charge in [0.2, 0.25) is 5.28 Å². The molecule has 0 radical (unpaired) electrons. The van der Waals surface area contributed by atoms with Crippen LogP contribution in [0.5, 0.6) is 0 Å². The van der Waals surface area contributed by atoms with Crippen molar-refractivity contribution in [1.29, 1.82) is 0 Å². The average molecular weight is 394 g/mol. The molecule has 2 aliphatic carbocycles. The van der Waals surface area contributed by atoms with Crippen molar-refractivity contribution in [3.63, 3.8) is 0 Å². The molecule has 0 spiro atoms. The monoisotopic (exact) mass is 393 g/mol. The molecular weight excluding hydrogens is 377 g/mol. The van der Waals surface area contributed by atoms with Gasteiger partial charge in [-0.15, -0.1) is 0 Å². The Morgan fingerprint density at radius 1 is 1.52 bits per heavy atom. The van der Waals surface area contributed by atoms with Gasteiger partial charge in [-0.2, -0.15) is 9.97 Å². The third-order valence-corrected chi connectivity index (χ3v) is 5.27. The maximum atomic E-state index is 11.1. The lowest BCUT2D eigenvalue weighted by Gasteiger charge is -2.24. The summed E-state index contributed by atoms with van der Waals surface area (Å²) in [6, 6.07) is -0.884. The number of anilines is 1. The Bertz CT molecular complexity index is 987. The predicted molar refractivity (Wildman–Crippen MR) is 84.3 cm³/mol. The Balaban J connectivity index is 1.77. The first-order valence-corrected chi connectivity index (χ1v) is 9.08. The number of nitrogens with two attached hydrogens (primary N) is 1. The number of nitrogen functional groups attached to an aromatic ring is 1. The fraction of sp³-hybridized carbons (Fsp3) is 0.583. The zero-order valence-electron chi connectivity index (χ0n) is 14.4. The lowest BCUT2D eigenvalue weighted by Crippen LogP contribution is -2.35. The average Bonchev–Trinajstić information content (AvgIpc) is 3.06. The molecule has 2 aliphatic rings. The first-order valence-electron chi connectivity index (χ1n) is 8.17. The van der Waals surface area contributed by atoms with E-state index in [0.29, 0.717) is 0 Å². The molecule has 5 atom stereocenters. The first-order chi connectivity index (χ1) is 12.4. The Hall–Kier alpha value is -1.33. The number of aliphatic hydroxyl groups excluding tert-OH is 2. The standard InChI is InChI=1S/C12H15ClN5O6P/c13-11-16-9(14)5-10(17-11)18(3-15-5)6-4-1-12(4,8(20)7(6)19)2-24-25(21,22)23/h3-4,6-8,19-20H,1-2H2,(H2,14,16,17)(H2,21,22,23)/t4-,6-,7+,8+,12+/m1/s1/i2D2. The highest BCUT2D eigenvalue weighted by Crippen LogP contribution is 2.68. The second-order valence-electron chi connectivity index (χ2n) is 6.16. The van der Waals surface area contributed by atoms with Gasteiger partial charge < -0.3 is 30.3 Å². The molecule has 4 rings (SSSR count). The van der Waals surface area contributed by atoms with Crippen LogP contribution in [0.2, 0.25) is 5.28 Å². The number of aliphatic hydroxyl groups is 2. The van der Waals surface area contributed by atoms with Crippen molar-refractivity contribution < 1.29 is 31.8 Å². The van der Waals surface area contributed by atoms with Crippen molar-refractivity contribution in [2.45, 2.75) is 24.7 Å². The van der Waals surface area contributed by atoms with Gasteiger partial charge in [0.1, 0.15) is 11.6 Å². The quantitative estimate of drug-likeness (QED) is 0.334. The minimum absolute atomic E-state index is 0.0130. The van der Waals surface area contributed by atoms with Crippen LogP contribution in [0.4, 0.5) is 5.82 Å². The smallest absolute Gasteiger partial charge is 0.390 e.